The van der Waals surface area contributed by atoms with Crippen molar-refractivity contribution in [2.45, 2.75) is 49.7 Å². The number of hydrogen-bond acceptors (Lipinski definition) is 5. The van der Waals surface area contributed by atoms with Crippen molar-refractivity contribution < 1.29 is 13.9 Å². The van der Waals surface area contributed by atoms with Crippen LogP contribution < -0.4 is 0 Å². The van der Waals surface area contributed by atoms with Gasteiger partial charge in [-0.25, -0.2) is 4.39 Å². The fourth-order valence-electron chi connectivity index (χ4n) is 2.88. The van der Waals surface area contributed by atoms with Crippen LogP contribution in [-0.2, 0) is 6.61 Å². The summed E-state index contributed by atoms with van der Waals surface area (Å²) < 4.78 is 20.4. The highest BCUT2D eigenvalue weighted by Crippen LogP contribution is 2.41. The van der Waals surface area contributed by atoms with E-state index in [0.29, 0.717) is 16.7 Å². The summed E-state index contributed by atoms with van der Waals surface area (Å²) in [5, 5.41) is 17.7. The minimum absolute atomic E-state index is 0.0180. The van der Waals surface area contributed by atoms with Gasteiger partial charge >= 0.3 is 0 Å². The monoisotopic (exact) mass is 420 g/mol. The number of aliphatic hydroxyl groups is 1. The molecule has 0 aliphatic rings. The minimum Gasteiger partial charge on any atom is -0.411 e. The van der Waals surface area contributed by atoms with Crippen molar-refractivity contribution in [3.8, 4) is 11.5 Å². The van der Waals surface area contributed by atoms with E-state index in [1.807, 2.05) is 12.1 Å². The third-order valence-corrected chi connectivity index (χ3v) is 5.86. The molecule has 0 bridgehead atoms. The predicted octanol–water partition coefficient (Wildman–Crippen LogP) is 6.44. The molecule has 28 heavy (non-hydrogen) atoms. The molecule has 1 aromatic heterocycles. The summed E-state index contributed by atoms with van der Waals surface area (Å²) >= 11 is 7.34. The molecule has 1 atom stereocenters. The van der Waals surface area contributed by atoms with Crippen LogP contribution in [0.2, 0.25) is 5.02 Å². The fraction of sp³-hybridized carbons (Fsp3) is 0.333. The average Bonchev–Trinajstić information content (AvgIpc) is 3.18. The second-order valence-corrected chi connectivity index (χ2v) is 8.03. The highest BCUT2D eigenvalue weighted by atomic mass is 35.5. The van der Waals surface area contributed by atoms with Crippen LogP contribution in [0.5, 0.6) is 0 Å². The summed E-state index contributed by atoms with van der Waals surface area (Å²) in [5.74, 6) is 0.00311. The largest absolute Gasteiger partial charge is 0.411 e. The summed E-state index contributed by atoms with van der Waals surface area (Å²) in [6.45, 7) is 2.12. The number of hydrogen-bond donors (Lipinski definition) is 1. The maximum absolute atomic E-state index is 14.6. The number of aromatic nitrogens is 2. The highest BCUT2D eigenvalue weighted by molar-refractivity contribution is 7.99. The van der Waals surface area contributed by atoms with Crippen LogP contribution >= 0.6 is 23.4 Å². The Kier molecular flexibility index (Phi) is 7.48. The number of rotatable bonds is 9. The second kappa shape index (κ2) is 10.0. The normalized spacial score (nSPS) is 12.3. The molecule has 0 fully saturated rings. The molecule has 0 amide bonds. The van der Waals surface area contributed by atoms with Gasteiger partial charge in [-0.05, 0) is 30.2 Å². The SMILES string of the molecule is CCCCCC(Sc1nnc(-c2ccc(CO)cc2)o1)c1cccc(Cl)c1F. The zero-order valence-corrected chi connectivity index (χ0v) is 17.1. The van der Waals surface area contributed by atoms with Gasteiger partial charge in [0.1, 0.15) is 5.82 Å². The quantitative estimate of drug-likeness (QED) is 0.319. The minimum atomic E-state index is -0.391. The van der Waals surface area contributed by atoms with Gasteiger partial charge in [-0.15, -0.1) is 10.2 Å². The van der Waals surface area contributed by atoms with E-state index in [0.717, 1.165) is 36.8 Å². The Balaban J connectivity index is 1.80. The first-order chi connectivity index (χ1) is 13.6. The molecule has 0 aliphatic carbocycles. The molecular formula is C21H22ClFN2O2S. The van der Waals surface area contributed by atoms with Gasteiger partial charge in [0, 0.05) is 16.4 Å². The molecule has 2 aromatic carbocycles. The summed E-state index contributed by atoms with van der Waals surface area (Å²) in [7, 11) is 0. The lowest BCUT2D eigenvalue weighted by atomic mass is 10.1. The van der Waals surface area contributed by atoms with Crippen molar-refractivity contribution in [3.63, 3.8) is 0 Å². The number of thioether (sulfide) groups is 1. The van der Waals surface area contributed by atoms with E-state index in [2.05, 4.69) is 17.1 Å². The van der Waals surface area contributed by atoms with E-state index >= 15 is 0 Å². The van der Waals surface area contributed by atoms with E-state index in [-0.39, 0.29) is 16.9 Å². The Morgan fingerprint density at radius 1 is 1.14 bits per heavy atom. The Bertz CT molecular complexity index is 902. The smallest absolute Gasteiger partial charge is 0.277 e. The summed E-state index contributed by atoms with van der Waals surface area (Å²) in [5.41, 5.74) is 2.14. The Labute approximate surface area is 173 Å². The molecule has 3 rings (SSSR count). The van der Waals surface area contributed by atoms with Crippen LogP contribution in [0.15, 0.2) is 52.1 Å². The molecule has 4 nitrogen and oxygen atoms in total. The van der Waals surface area contributed by atoms with E-state index in [1.165, 1.54) is 11.8 Å². The molecule has 0 aliphatic heterocycles. The molecule has 0 spiro atoms. The Morgan fingerprint density at radius 2 is 1.93 bits per heavy atom. The van der Waals surface area contributed by atoms with E-state index in [9.17, 15) is 4.39 Å². The molecular weight excluding hydrogens is 399 g/mol. The number of unbranched alkanes of at least 4 members (excludes halogenated alkanes) is 2. The fourth-order valence-corrected chi connectivity index (χ4v) is 4.11. The summed E-state index contributed by atoms with van der Waals surface area (Å²) in [6.07, 6.45) is 3.93. The van der Waals surface area contributed by atoms with Gasteiger partial charge in [-0.3, -0.25) is 0 Å². The molecule has 0 radical (unpaired) electrons. The molecule has 1 heterocycles. The number of aliphatic hydroxyl groups excluding tert-OH is 1. The lowest BCUT2D eigenvalue weighted by Gasteiger charge is -2.16. The predicted molar refractivity (Wildman–Crippen MR) is 110 cm³/mol. The van der Waals surface area contributed by atoms with Gasteiger partial charge in [0.15, 0.2) is 0 Å². The lowest BCUT2D eigenvalue weighted by molar-refractivity contribution is 0.282. The van der Waals surface area contributed by atoms with Crippen molar-refractivity contribution in [1.29, 1.82) is 0 Å². The van der Waals surface area contributed by atoms with Gasteiger partial charge < -0.3 is 9.52 Å². The zero-order chi connectivity index (χ0) is 19.9. The van der Waals surface area contributed by atoms with Crippen molar-refractivity contribution in [1.82, 2.24) is 10.2 Å². The van der Waals surface area contributed by atoms with Crippen LogP contribution in [0.3, 0.4) is 0 Å². The molecule has 1 N–H and O–H groups in total. The van der Waals surface area contributed by atoms with Crippen molar-refractivity contribution >= 4 is 23.4 Å². The standard InChI is InChI=1S/C21H22ClFN2O2S/c1-2-3-4-8-18(16-6-5-7-17(22)19(16)23)28-21-25-24-20(27-21)15-11-9-14(13-26)10-12-15/h5-7,9-12,18,26H,2-4,8,13H2,1H3. The van der Waals surface area contributed by atoms with Crippen molar-refractivity contribution in [2.24, 2.45) is 0 Å². The number of benzene rings is 2. The molecule has 148 valence electrons. The molecule has 1 unspecified atom stereocenters. The van der Waals surface area contributed by atoms with E-state index in [4.69, 9.17) is 21.1 Å². The van der Waals surface area contributed by atoms with Crippen LogP contribution in [0.4, 0.5) is 4.39 Å². The van der Waals surface area contributed by atoms with Crippen LogP contribution in [-0.4, -0.2) is 15.3 Å². The van der Waals surface area contributed by atoms with Gasteiger partial charge in [-0.1, -0.05) is 73.8 Å². The van der Waals surface area contributed by atoms with Crippen LogP contribution in [0.1, 0.15) is 49.0 Å². The first-order valence-corrected chi connectivity index (χ1v) is 10.5. The molecule has 3 aromatic rings. The topological polar surface area (TPSA) is 59.2 Å². The van der Waals surface area contributed by atoms with Crippen LogP contribution in [0, 0.1) is 5.82 Å². The summed E-state index contributed by atoms with van der Waals surface area (Å²) in [6, 6.07) is 12.3. The first kappa shape index (κ1) is 20.8. The highest BCUT2D eigenvalue weighted by Gasteiger charge is 2.22. The van der Waals surface area contributed by atoms with E-state index in [1.54, 1.807) is 30.3 Å². The third-order valence-electron chi connectivity index (χ3n) is 4.43. The van der Waals surface area contributed by atoms with Crippen molar-refractivity contribution in [3.05, 3.63) is 64.4 Å². The maximum atomic E-state index is 14.6. The van der Waals surface area contributed by atoms with Crippen molar-refractivity contribution in [2.75, 3.05) is 0 Å². The summed E-state index contributed by atoms with van der Waals surface area (Å²) in [4.78, 5) is 0. The zero-order valence-electron chi connectivity index (χ0n) is 15.6. The van der Waals surface area contributed by atoms with Gasteiger partial charge in [-0.2, -0.15) is 0 Å². The van der Waals surface area contributed by atoms with Gasteiger partial charge in [0.2, 0.25) is 5.89 Å². The molecule has 7 heteroatoms. The molecule has 0 saturated carbocycles. The van der Waals surface area contributed by atoms with E-state index < -0.39 is 5.82 Å². The molecule has 0 saturated heterocycles. The van der Waals surface area contributed by atoms with Gasteiger partial charge in [0.05, 0.1) is 11.6 Å². The first-order valence-electron chi connectivity index (χ1n) is 9.26. The Hall–Kier alpha value is -1.89. The average molecular weight is 421 g/mol. The second-order valence-electron chi connectivity index (χ2n) is 6.47. The Morgan fingerprint density at radius 3 is 2.64 bits per heavy atom. The van der Waals surface area contributed by atoms with Gasteiger partial charge in [0.25, 0.3) is 5.22 Å². The maximum Gasteiger partial charge on any atom is 0.277 e. The number of halogens is 2. The lowest BCUT2D eigenvalue weighted by Crippen LogP contribution is -1.99. The third kappa shape index (κ3) is 5.13. The number of nitrogens with zero attached hydrogens (tertiary/aromatic N) is 2. The van der Waals surface area contributed by atoms with Crippen LogP contribution in [0.25, 0.3) is 11.5 Å².